The number of halogens is 1. The molecule has 0 heterocycles. The fourth-order valence-corrected chi connectivity index (χ4v) is 6.57. The SMILES string of the molecule is COc1ccc(Cl)c(C(=O)NCC2(C)C3C(C)C4C(C)C2C43)c1. The van der Waals surface area contributed by atoms with Crippen molar-refractivity contribution in [3.63, 3.8) is 0 Å². The second-order valence-corrected chi connectivity index (χ2v) is 8.37. The van der Waals surface area contributed by atoms with Crippen molar-refractivity contribution in [3.8, 4) is 5.75 Å². The third-order valence-corrected chi connectivity index (χ3v) is 7.52. The summed E-state index contributed by atoms with van der Waals surface area (Å²) < 4.78 is 5.19. The molecule has 0 saturated heterocycles. The van der Waals surface area contributed by atoms with Crippen molar-refractivity contribution >= 4 is 17.5 Å². The van der Waals surface area contributed by atoms with Gasteiger partial charge in [0.15, 0.2) is 0 Å². The first-order valence-electron chi connectivity index (χ1n) is 8.52. The number of nitrogens with one attached hydrogen (secondary N) is 1. The van der Waals surface area contributed by atoms with Gasteiger partial charge in [0.2, 0.25) is 0 Å². The lowest BCUT2D eigenvalue weighted by atomic mass is 9.21. The van der Waals surface area contributed by atoms with E-state index in [0.717, 1.165) is 42.1 Å². The van der Waals surface area contributed by atoms with Crippen LogP contribution in [-0.4, -0.2) is 19.6 Å². The van der Waals surface area contributed by atoms with Crippen molar-refractivity contribution in [1.82, 2.24) is 5.32 Å². The topological polar surface area (TPSA) is 38.3 Å². The highest BCUT2D eigenvalue weighted by atomic mass is 35.5. The molecule has 4 atom stereocenters. The first-order valence-corrected chi connectivity index (χ1v) is 8.89. The van der Waals surface area contributed by atoms with Gasteiger partial charge in [0.25, 0.3) is 5.91 Å². The van der Waals surface area contributed by atoms with Gasteiger partial charge in [-0.15, -0.1) is 0 Å². The number of amides is 1. The molecule has 0 bridgehead atoms. The summed E-state index contributed by atoms with van der Waals surface area (Å²) in [4.78, 5) is 12.6. The number of hydrogen-bond acceptors (Lipinski definition) is 2. The Bertz CT molecular complexity index is 645. The van der Waals surface area contributed by atoms with Crippen LogP contribution in [0.15, 0.2) is 18.2 Å². The van der Waals surface area contributed by atoms with Gasteiger partial charge in [0.1, 0.15) is 5.75 Å². The van der Waals surface area contributed by atoms with Crippen molar-refractivity contribution in [2.24, 2.45) is 40.9 Å². The van der Waals surface area contributed by atoms with E-state index in [9.17, 15) is 4.79 Å². The van der Waals surface area contributed by atoms with Crippen LogP contribution in [-0.2, 0) is 0 Å². The van der Waals surface area contributed by atoms with Gasteiger partial charge in [-0.2, -0.15) is 0 Å². The fourth-order valence-electron chi connectivity index (χ4n) is 6.36. The molecule has 23 heavy (non-hydrogen) atoms. The molecule has 0 radical (unpaired) electrons. The third kappa shape index (κ3) is 1.80. The minimum Gasteiger partial charge on any atom is -0.497 e. The molecule has 4 unspecified atom stereocenters. The molecule has 3 aliphatic rings. The number of rotatable bonds is 4. The minimum absolute atomic E-state index is 0.103. The lowest BCUT2D eigenvalue weighted by molar-refractivity contribution is -0.366. The molecule has 4 rings (SSSR count). The molecule has 124 valence electrons. The Labute approximate surface area is 142 Å². The van der Waals surface area contributed by atoms with Crippen LogP contribution < -0.4 is 10.1 Å². The highest BCUT2D eigenvalue weighted by molar-refractivity contribution is 6.33. The maximum atomic E-state index is 12.6. The second kappa shape index (κ2) is 4.89. The Balaban J connectivity index is 1.47. The standard InChI is InChI=1S/C19H24ClNO2/c1-9-14-10(2)17-15(14)16(9)19(17,3)8-21-18(22)12-7-11(23-4)5-6-13(12)20/h5-7,9-10,14-17H,8H2,1-4H3,(H,21,22). The van der Waals surface area contributed by atoms with Crippen molar-refractivity contribution < 1.29 is 9.53 Å². The van der Waals surface area contributed by atoms with Crippen LogP contribution in [0.5, 0.6) is 5.75 Å². The van der Waals surface area contributed by atoms with Crippen LogP contribution in [0.25, 0.3) is 0 Å². The van der Waals surface area contributed by atoms with E-state index in [4.69, 9.17) is 16.3 Å². The van der Waals surface area contributed by atoms with Crippen LogP contribution in [0.4, 0.5) is 0 Å². The van der Waals surface area contributed by atoms with E-state index >= 15 is 0 Å². The predicted molar refractivity (Wildman–Crippen MR) is 90.7 cm³/mol. The molecule has 3 nitrogen and oxygen atoms in total. The van der Waals surface area contributed by atoms with Crippen molar-refractivity contribution in [2.45, 2.75) is 20.8 Å². The van der Waals surface area contributed by atoms with Crippen molar-refractivity contribution in [2.75, 3.05) is 13.7 Å². The van der Waals surface area contributed by atoms with Gasteiger partial charge in [0.05, 0.1) is 17.7 Å². The molecule has 1 amide bonds. The molecule has 0 aromatic heterocycles. The van der Waals surface area contributed by atoms with Gasteiger partial charge in [-0.1, -0.05) is 32.4 Å². The molecule has 1 aromatic rings. The highest BCUT2D eigenvalue weighted by Gasteiger charge is 2.79. The van der Waals surface area contributed by atoms with Crippen LogP contribution in [0, 0.1) is 40.9 Å². The second-order valence-electron chi connectivity index (χ2n) is 7.96. The summed E-state index contributed by atoms with van der Waals surface area (Å²) in [6.45, 7) is 7.87. The molecule has 1 N–H and O–H groups in total. The monoisotopic (exact) mass is 333 g/mol. The number of carbonyl (C=O) groups is 1. The zero-order valence-corrected chi connectivity index (χ0v) is 14.9. The van der Waals surface area contributed by atoms with Crippen LogP contribution in [0.1, 0.15) is 31.1 Å². The Morgan fingerprint density at radius 2 is 1.91 bits per heavy atom. The molecule has 0 spiro atoms. The van der Waals surface area contributed by atoms with E-state index < -0.39 is 0 Å². The first-order chi connectivity index (χ1) is 10.9. The van der Waals surface area contributed by atoms with Crippen LogP contribution in [0.2, 0.25) is 5.02 Å². The largest absolute Gasteiger partial charge is 0.497 e. The minimum atomic E-state index is -0.103. The van der Waals surface area contributed by atoms with E-state index in [1.165, 1.54) is 0 Å². The third-order valence-electron chi connectivity index (χ3n) is 7.19. The summed E-state index contributed by atoms with van der Waals surface area (Å²) in [7, 11) is 1.59. The summed E-state index contributed by atoms with van der Waals surface area (Å²) in [5.41, 5.74) is 0.742. The summed E-state index contributed by atoms with van der Waals surface area (Å²) in [5.74, 6) is 5.62. The van der Waals surface area contributed by atoms with E-state index in [-0.39, 0.29) is 11.3 Å². The Morgan fingerprint density at radius 3 is 2.48 bits per heavy atom. The Hall–Kier alpha value is -1.22. The summed E-state index contributed by atoms with van der Waals surface area (Å²) in [6, 6.07) is 5.18. The maximum Gasteiger partial charge on any atom is 0.252 e. The van der Waals surface area contributed by atoms with Gasteiger partial charge < -0.3 is 10.1 Å². The summed E-state index contributed by atoms with van der Waals surface area (Å²) >= 11 is 6.18. The van der Waals surface area contributed by atoms with Crippen molar-refractivity contribution in [1.29, 1.82) is 0 Å². The highest BCUT2D eigenvalue weighted by Crippen LogP contribution is 2.82. The Morgan fingerprint density at radius 1 is 1.26 bits per heavy atom. The van der Waals surface area contributed by atoms with Gasteiger partial charge in [-0.05, 0) is 59.1 Å². The van der Waals surface area contributed by atoms with Crippen LogP contribution in [0.3, 0.4) is 0 Å². The molecule has 4 heteroatoms. The number of benzene rings is 1. The maximum absolute atomic E-state index is 12.6. The quantitative estimate of drug-likeness (QED) is 0.908. The lowest BCUT2D eigenvalue weighted by Crippen LogP contribution is -2.82. The van der Waals surface area contributed by atoms with Gasteiger partial charge in [0, 0.05) is 6.54 Å². The number of ether oxygens (including phenoxy) is 1. The van der Waals surface area contributed by atoms with Crippen LogP contribution >= 0.6 is 11.6 Å². The smallest absolute Gasteiger partial charge is 0.252 e. The Kier molecular flexibility index (Phi) is 3.26. The van der Waals surface area contributed by atoms with Gasteiger partial charge >= 0.3 is 0 Å². The van der Waals surface area contributed by atoms with Gasteiger partial charge in [-0.3, -0.25) is 4.79 Å². The summed E-state index contributed by atoms with van der Waals surface area (Å²) in [5, 5.41) is 3.60. The average Bonchev–Trinajstić information content (AvgIpc) is 2.50. The molecule has 3 fully saturated rings. The molecule has 0 aliphatic heterocycles. The van der Waals surface area contributed by atoms with E-state index in [1.807, 2.05) is 0 Å². The van der Waals surface area contributed by atoms with E-state index in [0.29, 0.717) is 16.3 Å². The summed E-state index contributed by atoms with van der Waals surface area (Å²) in [6.07, 6.45) is 0. The normalized spacial score (nSPS) is 42.7. The molecular weight excluding hydrogens is 310 g/mol. The molecule has 3 aliphatic carbocycles. The van der Waals surface area contributed by atoms with E-state index in [2.05, 4.69) is 26.1 Å². The lowest BCUT2D eigenvalue weighted by Gasteiger charge is -2.84. The van der Waals surface area contributed by atoms with Crippen molar-refractivity contribution in [3.05, 3.63) is 28.8 Å². The molecule has 3 saturated carbocycles. The fraction of sp³-hybridized carbons (Fsp3) is 0.632. The predicted octanol–water partition coefficient (Wildman–Crippen LogP) is 3.86. The zero-order chi connectivity index (χ0) is 16.5. The number of hydrogen-bond donors (Lipinski definition) is 1. The molecule has 1 aromatic carbocycles. The number of methoxy groups -OCH3 is 1. The number of carbonyl (C=O) groups excluding carboxylic acids is 1. The van der Waals surface area contributed by atoms with E-state index in [1.54, 1.807) is 25.3 Å². The van der Waals surface area contributed by atoms with Gasteiger partial charge in [-0.25, -0.2) is 0 Å². The first kappa shape index (κ1) is 15.3. The molecular formula is C19H24ClNO2. The average molecular weight is 334 g/mol. The zero-order valence-electron chi connectivity index (χ0n) is 14.1.